The van der Waals surface area contributed by atoms with E-state index in [2.05, 4.69) is 15.6 Å². The number of nitrogens with two attached hydrogens (primary N) is 1. The van der Waals surface area contributed by atoms with Crippen LogP contribution < -0.4 is 16.4 Å². The minimum absolute atomic E-state index is 0.261. The van der Waals surface area contributed by atoms with Gasteiger partial charge in [0.1, 0.15) is 5.65 Å². The van der Waals surface area contributed by atoms with E-state index in [1.54, 1.807) is 30.5 Å². The lowest BCUT2D eigenvalue weighted by atomic mass is 10.2. The van der Waals surface area contributed by atoms with E-state index in [9.17, 15) is 4.79 Å². The van der Waals surface area contributed by atoms with Gasteiger partial charge >= 0.3 is 6.03 Å². The minimum Gasteiger partial charge on any atom is -0.399 e. The highest BCUT2D eigenvalue weighted by atomic mass is 16.2. The van der Waals surface area contributed by atoms with Crippen LogP contribution in [0, 0.1) is 0 Å². The lowest BCUT2D eigenvalue weighted by molar-refractivity contribution is 0.251. The van der Waals surface area contributed by atoms with E-state index in [1.165, 1.54) is 0 Å². The molecule has 0 saturated carbocycles. The lowest BCUT2D eigenvalue weighted by Crippen LogP contribution is -2.28. The number of urea groups is 1. The van der Waals surface area contributed by atoms with Crippen LogP contribution in [0.2, 0.25) is 0 Å². The first kappa shape index (κ1) is 13.0. The molecule has 1 aromatic carbocycles. The minimum atomic E-state index is -0.261. The Kier molecular flexibility index (Phi) is 3.42. The smallest absolute Gasteiger partial charge is 0.319 e. The third kappa shape index (κ3) is 3.11. The van der Waals surface area contributed by atoms with Crippen LogP contribution in [0.3, 0.4) is 0 Å². The van der Waals surface area contributed by atoms with Gasteiger partial charge in [-0.25, -0.2) is 9.78 Å². The van der Waals surface area contributed by atoms with Gasteiger partial charge in [-0.3, -0.25) is 0 Å². The van der Waals surface area contributed by atoms with Gasteiger partial charge in [0.15, 0.2) is 0 Å². The fourth-order valence-corrected chi connectivity index (χ4v) is 1.99. The summed E-state index contributed by atoms with van der Waals surface area (Å²) in [6.45, 7) is 0.435. The highest BCUT2D eigenvalue weighted by Gasteiger charge is 2.02. The van der Waals surface area contributed by atoms with Crippen LogP contribution in [-0.4, -0.2) is 15.4 Å². The number of aromatic nitrogens is 2. The Morgan fingerprint density at radius 3 is 2.81 bits per heavy atom. The molecule has 0 spiro atoms. The number of carbonyl (C=O) groups excluding carboxylic acids is 1. The number of benzene rings is 1. The molecule has 0 aliphatic carbocycles. The predicted molar refractivity (Wildman–Crippen MR) is 81.9 cm³/mol. The van der Waals surface area contributed by atoms with E-state index >= 15 is 0 Å². The summed E-state index contributed by atoms with van der Waals surface area (Å²) >= 11 is 0. The van der Waals surface area contributed by atoms with Gasteiger partial charge < -0.3 is 20.8 Å². The summed E-state index contributed by atoms with van der Waals surface area (Å²) in [4.78, 5) is 16.0. The highest BCUT2D eigenvalue weighted by Crippen LogP contribution is 2.10. The summed E-state index contributed by atoms with van der Waals surface area (Å²) in [5, 5.41) is 5.55. The molecule has 3 rings (SSSR count). The first-order chi connectivity index (χ1) is 10.2. The zero-order chi connectivity index (χ0) is 14.7. The van der Waals surface area contributed by atoms with Gasteiger partial charge in [0.2, 0.25) is 0 Å². The molecule has 0 bridgehead atoms. The number of amides is 2. The molecule has 0 aliphatic rings. The van der Waals surface area contributed by atoms with E-state index in [0.717, 1.165) is 11.2 Å². The predicted octanol–water partition coefficient (Wildman–Crippen LogP) is 2.24. The second-order valence-electron chi connectivity index (χ2n) is 4.66. The molecule has 2 heterocycles. The summed E-state index contributed by atoms with van der Waals surface area (Å²) in [6, 6.07) is 10.6. The second-order valence-corrected chi connectivity index (χ2v) is 4.66. The van der Waals surface area contributed by atoms with E-state index in [0.29, 0.717) is 17.9 Å². The Morgan fingerprint density at radius 2 is 2.00 bits per heavy atom. The normalized spacial score (nSPS) is 10.5. The fraction of sp³-hybridized carbons (Fsp3) is 0.0667. The van der Waals surface area contributed by atoms with Crippen molar-refractivity contribution in [3.05, 3.63) is 60.6 Å². The first-order valence-electron chi connectivity index (χ1n) is 6.53. The van der Waals surface area contributed by atoms with Crippen molar-refractivity contribution >= 4 is 23.1 Å². The number of pyridine rings is 1. The summed E-state index contributed by atoms with van der Waals surface area (Å²) in [5.74, 6) is 0. The molecule has 4 N–H and O–H groups in total. The number of nitrogen functional groups attached to an aromatic ring is 1. The summed E-state index contributed by atoms with van der Waals surface area (Å²) in [7, 11) is 0. The molecule has 0 unspecified atom stereocenters. The number of rotatable bonds is 3. The topological polar surface area (TPSA) is 84.4 Å². The second kappa shape index (κ2) is 5.54. The maximum atomic E-state index is 11.8. The van der Waals surface area contributed by atoms with Crippen LogP contribution in [0.25, 0.3) is 5.65 Å². The zero-order valence-corrected chi connectivity index (χ0v) is 11.3. The Hall–Kier alpha value is -3.02. The van der Waals surface area contributed by atoms with Gasteiger partial charge in [-0.05, 0) is 42.0 Å². The molecule has 0 atom stereocenters. The Bertz CT molecular complexity index is 763. The third-order valence-corrected chi connectivity index (χ3v) is 3.08. The standard InChI is InChI=1S/C15H15N5O/c16-12-1-3-13(4-2-12)19-15(21)18-10-11-5-7-20-8-6-17-14(20)9-11/h1-9H,10,16H2,(H2,18,19,21). The van der Waals surface area contributed by atoms with Crippen LogP contribution >= 0.6 is 0 Å². The van der Waals surface area contributed by atoms with Crippen molar-refractivity contribution in [2.75, 3.05) is 11.1 Å². The van der Waals surface area contributed by atoms with Crippen molar-refractivity contribution in [2.24, 2.45) is 0 Å². The molecule has 0 radical (unpaired) electrons. The number of nitrogens with one attached hydrogen (secondary N) is 2. The molecule has 6 nitrogen and oxygen atoms in total. The van der Waals surface area contributed by atoms with Crippen molar-refractivity contribution in [1.82, 2.24) is 14.7 Å². The summed E-state index contributed by atoms with van der Waals surface area (Å²) in [5.41, 5.74) is 8.80. The van der Waals surface area contributed by atoms with E-state index < -0.39 is 0 Å². The van der Waals surface area contributed by atoms with Crippen molar-refractivity contribution < 1.29 is 4.79 Å². The molecule has 2 amide bonds. The lowest BCUT2D eigenvalue weighted by Gasteiger charge is -2.08. The maximum Gasteiger partial charge on any atom is 0.319 e. The molecule has 6 heteroatoms. The van der Waals surface area contributed by atoms with Crippen LogP contribution in [0.15, 0.2) is 55.0 Å². The van der Waals surface area contributed by atoms with E-state index in [4.69, 9.17) is 5.73 Å². The van der Waals surface area contributed by atoms with Crippen molar-refractivity contribution in [2.45, 2.75) is 6.54 Å². The molecule has 2 aromatic heterocycles. The molecule has 0 fully saturated rings. The van der Waals surface area contributed by atoms with Gasteiger partial charge in [0.05, 0.1) is 0 Å². The molecular formula is C15H15N5O. The molecule has 3 aromatic rings. The van der Waals surface area contributed by atoms with Crippen molar-refractivity contribution in [3.63, 3.8) is 0 Å². The average molecular weight is 281 g/mol. The molecule has 106 valence electrons. The van der Waals surface area contributed by atoms with E-state index in [1.807, 2.05) is 28.9 Å². The zero-order valence-electron chi connectivity index (χ0n) is 11.3. The monoisotopic (exact) mass is 281 g/mol. The van der Waals surface area contributed by atoms with E-state index in [-0.39, 0.29) is 6.03 Å². The van der Waals surface area contributed by atoms with Crippen LogP contribution in [0.4, 0.5) is 16.2 Å². The molecule has 0 aliphatic heterocycles. The molecule has 0 saturated heterocycles. The van der Waals surface area contributed by atoms with Gasteiger partial charge in [0, 0.05) is 36.5 Å². The Balaban J connectivity index is 1.58. The van der Waals surface area contributed by atoms with Gasteiger partial charge in [-0.15, -0.1) is 0 Å². The van der Waals surface area contributed by atoms with Gasteiger partial charge in [-0.1, -0.05) is 0 Å². The van der Waals surface area contributed by atoms with Gasteiger partial charge in [0.25, 0.3) is 0 Å². The third-order valence-electron chi connectivity index (χ3n) is 3.08. The number of hydrogen-bond acceptors (Lipinski definition) is 3. The number of nitrogens with zero attached hydrogens (tertiary/aromatic N) is 2. The summed E-state index contributed by atoms with van der Waals surface area (Å²) < 4.78 is 1.91. The number of fused-ring (bicyclic) bond motifs is 1. The number of carbonyl (C=O) groups is 1. The maximum absolute atomic E-state index is 11.8. The van der Waals surface area contributed by atoms with Crippen LogP contribution in [-0.2, 0) is 6.54 Å². The number of imidazole rings is 1. The van der Waals surface area contributed by atoms with Crippen molar-refractivity contribution in [1.29, 1.82) is 0 Å². The number of hydrogen-bond donors (Lipinski definition) is 3. The highest BCUT2D eigenvalue weighted by molar-refractivity contribution is 5.89. The van der Waals surface area contributed by atoms with Gasteiger partial charge in [-0.2, -0.15) is 0 Å². The summed E-state index contributed by atoms with van der Waals surface area (Å²) in [6.07, 6.45) is 5.53. The van der Waals surface area contributed by atoms with Crippen LogP contribution in [0.1, 0.15) is 5.56 Å². The quantitative estimate of drug-likeness (QED) is 0.644. The molecular weight excluding hydrogens is 266 g/mol. The van der Waals surface area contributed by atoms with Crippen molar-refractivity contribution in [3.8, 4) is 0 Å². The first-order valence-corrected chi connectivity index (χ1v) is 6.53. The van der Waals surface area contributed by atoms with Crippen LogP contribution in [0.5, 0.6) is 0 Å². The molecule has 21 heavy (non-hydrogen) atoms. The Morgan fingerprint density at radius 1 is 1.19 bits per heavy atom. The SMILES string of the molecule is Nc1ccc(NC(=O)NCc2ccn3ccnc3c2)cc1. The largest absolute Gasteiger partial charge is 0.399 e. The number of anilines is 2. The Labute approximate surface area is 121 Å². The average Bonchev–Trinajstić information content (AvgIpc) is 2.95. The fourth-order valence-electron chi connectivity index (χ4n) is 1.99.